The number of hydrogen-bond donors (Lipinski definition) is 1. The number of hydrogen-bond acceptors (Lipinski definition) is 5. The maximum absolute atomic E-state index is 13.2. The van der Waals surface area contributed by atoms with Crippen molar-refractivity contribution in [2.45, 2.75) is 19.1 Å². The minimum atomic E-state index is -0.0476. The number of rotatable bonds is 8. The Morgan fingerprint density at radius 3 is 2.22 bits per heavy atom. The number of ether oxygens (including phenoxy) is 3. The van der Waals surface area contributed by atoms with Crippen LogP contribution in [0, 0.1) is 0 Å². The molecule has 1 fully saturated rings. The Balaban J connectivity index is 1.47. The summed E-state index contributed by atoms with van der Waals surface area (Å²) in [6.45, 7) is 1.71. The van der Waals surface area contributed by atoms with Gasteiger partial charge in [0.15, 0.2) is 11.5 Å². The van der Waals surface area contributed by atoms with Gasteiger partial charge in [-0.05, 0) is 36.2 Å². The Bertz CT molecular complexity index is 1020. The number of nitrogens with zero attached hydrogens (tertiary/aromatic N) is 1. The number of para-hydroxylation sites is 1. The summed E-state index contributed by atoms with van der Waals surface area (Å²) in [6.07, 6.45) is 0.896. The highest BCUT2D eigenvalue weighted by Gasteiger charge is 2.28. The molecule has 1 heterocycles. The van der Waals surface area contributed by atoms with Crippen molar-refractivity contribution in [2.75, 3.05) is 32.6 Å². The fourth-order valence-corrected chi connectivity index (χ4v) is 3.89. The van der Waals surface area contributed by atoms with E-state index in [4.69, 9.17) is 14.2 Å². The van der Waals surface area contributed by atoms with Crippen molar-refractivity contribution < 1.29 is 19.0 Å². The van der Waals surface area contributed by atoms with Crippen molar-refractivity contribution in [3.05, 3.63) is 83.9 Å². The normalized spacial score (nSPS) is 15.3. The zero-order chi connectivity index (χ0) is 22.3. The summed E-state index contributed by atoms with van der Waals surface area (Å²) in [7, 11) is 3.13. The predicted octanol–water partition coefficient (Wildman–Crippen LogP) is 4.61. The van der Waals surface area contributed by atoms with E-state index in [-0.39, 0.29) is 11.9 Å². The molecule has 0 bridgehead atoms. The summed E-state index contributed by atoms with van der Waals surface area (Å²) in [5.74, 6) is 1.39. The second-order valence-corrected chi connectivity index (χ2v) is 7.73. The molecule has 0 saturated carbocycles. The van der Waals surface area contributed by atoms with E-state index in [1.165, 1.54) is 0 Å². The third-order valence-electron chi connectivity index (χ3n) is 5.55. The maximum Gasteiger partial charge on any atom is 0.254 e. The van der Waals surface area contributed by atoms with Crippen molar-refractivity contribution in [3.63, 3.8) is 0 Å². The van der Waals surface area contributed by atoms with Gasteiger partial charge in [0, 0.05) is 30.4 Å². The Morgan fingerprint density at radius 1 is 0.969 bits per heavy atom. The van der Waals surface area contributed by atoms with E-state index >= 15 is 0 Å². The minimum Gasteiger partial charge on any atom is -0.493 e. The van der Waals surface area contributed by atoms with Crippen molar-refractivity contribution in [1.29, 1.82) is 0 Å². The van der Waals surface area contributed by atoms with Crippen LogP contribution in [0.1, 0.15) is 22.3 Å². The van der Waals surface area contributed by atoms with Crippen LogP contribution in [0.5, 0.6) is 17.2 Å². The maximum atomic E-state index is 13.2. The first-order valence-electron chi connectivity index (χ1n) is 10.7. The first kappa shape index (κ1) is 21.6. The fourth-order valence-electron chi connectivity index (χ4n) is 3.89. The van der Waals surface area contributed by atoms with Crippen LogP contribution in [-0.4, -0.2) is 44.2 Å². The number of carbonyl (C=O) groups excluding carboxylic acids is 1. The zero-order valence-electron chi connectivity index (χ0n) is 18.4. The number of benzene rings is 3. The Morgan fingerprint density at radius 2 is 1.59 bits per heavy atom. The lowest BCUT2D eigenvalue weighted by molar-refractivity contribution is 0.0790. The SMILES string of the molecule is COc1cc(C(=O)N2CCC(Nc3ccccc3)C2)cc(OC)c1OCc1ccccc1. The van der Waals surface area contributed by atoms with Gasteiger partial charge in [-0.1, -0.05) is 48.5 Å². The summed E-state index contributed by atoms with van der Waals surface area (Å²) in [5, 5.41) is 3.50. The van der Waals surface area contributed by atoms with Gasteiger partial charge in [0.2, 0.25) is 5.75 Å². The zero-order valence-corrected chi connectivity index (χ0v) is 18.4. The van der Waals surface area contributed by atoms with Crippen LogP contribution in [0.25, 0.3) is 0 Å². The molecule has 1 N–H and O–H groups in total. The number of nitrogens with one attached hydrogen (secondary N) is 1. The molecular formula is C26H28N2O4. The highest BCUT2D eigenvalue weighted by Crippen LogP contribution is 2.39. The second kappa shape index (κ2) is 10.1. The van der Waals surface area contributed by atoms with E-state index in [0.717, 1.165) is 17.7 Å². The van der Waals surface area contributed by atoms with Gasteiger partial charge in [0.25, 0.3) is 5.91 Å². The molecule has 3 aromatic carbocycles. The number of methoxy groups -OCH3 is 2. The van der Waals surface area contributed by atoms with Crippen LogP contribution in [0.3, 0.4) is 0 Å². The summed E-state index contributed by atoms with van der Waals surface area (Å²) in [5.41, 5.74) is 2.62. The topological polar surface area (TPSA) is 60.0 Å². The molecule has 32 heavy (non-hydrogen) atoms. The highest BCUT2D eigenvalue weighted by atomic mass is 16.5. The van der Waals surface area contributed by atoms with Gasteiger partial charge >= 0.3 is 0 Å². The third-order valence-corrected chi connectivity index (χ3v) is 5.55. The highest BCUT2D eigenvalue weighted by molar-refractivity contribution is 5.96. The van der Waals surface area contributed by atoms with Crippen molar-refractivity contribution in [1.82, 2.24) is 4.90 Å². The van der Waals surface area contributed by atoms with E-state index in [1.54, 1.807) is 26.4 Å². The average molecular weight is 433 g/mol. The molecule has 1 aliphatic heterocycles. The molecule has 3 aromatic rings. The molecule has 1 atom stereocenters. The summed E-state index contributed by atoms with van der Waals surface area (Å²) in [4.78, 5) is 15.1. The largest absolute Gasteiger partial charge is 0.493 e. The molecule has 4 rings (SSSR count). The molecule has 0 spiro atoms. The summed E-state index contributed by atoms with van der Waals surface area (Å²) >= 11 is 0. The molecule has 1 amide bonds. The molecule has 166 valence electrons. The van der Waals surface area contributed by atoms with Gasteiger partial charge in [0.1, 0.15) is 6.61 Å². The van der Waals surface area contributed by atoms with Crippen LogP contribution in [-0.2, 0) is 6.61 Å². The number of anilines is 1. The molecule has 0 aliphatic carbocycles. The van der Waals surface area contributed by atoms with Crippen LogP contribution in [0.15, 0.2) is 72.8 Å². The molecule has 6 heteroatoms. The van der Waals surface area contributed by atoms with Gasteiger partial charge in [0.05, 0.1) is 14.2 Å². The van der Waals surface area contributed by atoms with Gasteiger partial charge in [-0.15, -0.1) is 0 Å². The first-order valence-corrected chi connectivity index (χ1v) is 10.7. The average Bonchev–Trinajstić information content (AvgIpc) is 3.31. The monoisotopic (exact) mass is 432 g/mol. The van der Waals surface area contributed by atoms with Crippen molar-refractivity contribution >= 4 is 11.6 Å². The first-order chi connectivity index (χ1) is 15.7. The Hall–Kier alpha value is -3.67. The lowest BCUT2D eigenvalue weighted by atomic mass is 10.1. The second-order valence-electron chi connectivity index (χ2n) is 7.73. The molecule has 1 saturated heterocycles. The van der Waals surface area contributed by atoms with Crippen LogP contribution in [0.2, 0.25) is 0 Å². The lowest BCUT2D eigenvalue weighted by Gasteiger charge is -2.20. The van der Waals surface area contributed by atoms with Gasteiger partial charge in [-0.3, -0.25) is 4.79 Å². The van der Waals surface area contributed by atoms with E-state index in [1.807, 2.05) is 65.6 Å². The Labute approximate surface area is 188 Å². The quantitative estimate of drug-likeness (QED) is 0.563. The number of carbonyl (C=O) groups is 1. The molecule has 0 aromatic heterocycles. The standard InChI is InChI=1S/C26H28N2O4/c1-30-23-15-20(16-24(31-2)25(23)32-18-19-9-5-3-6-10-19)26(29)28-14-13-22(17-28)27-21-11-7-4-8-12-21/h3-12,15-16,22,27H,13-14,17-18H2,1-2H3. The minimum absolute atomic E-state index is 0.0476. The third kappa shape index (κ3) is 4.97. The Kier molecular flexibility index (Phi) is 6.80. The van der Waals surface area contributed by atoms with Crippen LogP contribution >= 0.6 is 0 Å². The van der Waals surface area contributed by atoms with Crippen molar-refractivity contribution in [3.8, 4) is 17.2 Å². The smallest absolute Gasteiger partial charge is 0.254 e. The lowest BCUT2D eigenvalue weighted by Crippen LogP contribution is -2.31. The molecule has 1 unspecified atom stereocenters. The van der Waals surface area contributed by atoms with Gasteiger partial charge in [-0.25, -0.2) is 0 Å². The predicted molar refractivity (Wildman–Crippen MR) is 125 cm³/mol. The van der Waals surface area contributed by atoms with Gasteiger partial charge < -0.3 is 24.4 Å². The molecule has 1 aliphatic rings. The fraction of sp³-hybridized carbons (Fsp3) is 0.269. The molecular weight excluding hydrogens is 404 g/mol. The van der Waals surface area contributed by atoms with E-state index in [0.29, 0.717) is 42.5 Å². The summed E-state index contributed by atoms with van der Waals surface area (Å²) < 4.78 is 17.1. The van der Waals surface area contributed by atoms with Crippen LogP contribution in [0.4, 0.5) is 5.69 Å². The van der Waals surface area contributed by atoms with E-state index in [2.05, 4.69) is 5.32 Å². The molecule has 6 nitrogen and oxygen atoms in total. The summed E-state index contributed by atoms with van der Waals surface area (Å²) in [6, 6.07) is 23.6. The molecule has 0 radical (unpaired) electrons. The van der Waals surface area contributed by atoms with Crippen LogP contribution < -0.4 is 19.5 Å². The van der Waals surface area contributed by atoms with Gasteiger partial charge in [-0.2, -0.15) is 0 Å². The number of likely N-dealkylation sites (tertiary alicyclic amines) is 1. The van der Waals surface area contributed by atoms with Crippen molar-refractivity contribution in [2.24, 2.45) is 0 Å². The number of amides is 1. The van der Waals surface area contributed by atoms with E-state index < -0.39 is 0 Å². The van der Waals surface area contributed by atoms with E-state index in [9.17, 15) is 4.79 Å².